The fourth-order valence-corrected chi connectivity index (χ4v) is 4.18. The van der Waals surface area contributed by atoms with Gasteiger partial charge in [0.25, 0.3) is 5.91 Å². The van der Waals surface area contributed by atoms with Gasteiger partial charge < -0.3 is 9.80 Å². The number of nitrogens with zero attached hydrogens (tertiary/aromatic N) is 5. The summed E-state index contributed by atoms with van der Waals surface area (Å²) < 4.78 is 0. The van der Waals surface area contributed by atoms with Crippen LogP contribution in [0.5, 0.6) is 0 Å². The van der Waals surface area contributed by atoms with Crippen molar-refractivity contribution in [2.75, 3.05) is 36.8 Å². The van der Waals surface area contributed by atoms with Crippen LogP contribution < -0.4 is 4.90 Å². The van der Waals surface area contributed by atoms with Crippen LogP contribution in [0.15, 0.2) is 65.7 Å². The average Bonchev–Trinajstić information content (AvgIpc) is 2.80. The molecule has 0 radical (unpaired) electrons. The molecule has 6 nitrogen and oxygen atoms in total. The molecule has 148 valence electrons. The van der Waals surface area contributed by atoms with Gasteiger partial charge in [-0.05, 0) is 42.2 Å². The molecule has 0 aliphatic carbocycles. The van der Waals surface area contributed by atoms with E-state index < -0.39 is 0 Å². The van der Waals surface area contributed by atoms with E-state index in [-0.39, 0.29) is 5.91 Å². The van der Waals surface area contributed by atoms with Crippen LogP contribution >= 0.6 is 11.8 Å². The highest BCUT2D eigenvalue weighted by Gasteiger charge is 2.24. The van der Waals surface area contributed by atoms with Crippen molar-refractivity contribution in [2.24, 2.45) is 0 Å². The number of anilines is 1. The number of pyridine rings is 1. The molecule has 1 saturated heterocycles. The van der Waals surface area contributed by atoms with Crippen LogP contribution in [-0.4, -0.2) is 57.9 Å². The van der Waals surface area contributed by atoms with E-state index in [4.69, 9.17) is 0 Å². The molecular formula is C22H23N5OS. The van der Waals surface area contributed by atoms with Crippen LogP contribution in [0, 0.1) is 0 Å². The van der Waals surface area contributed by atoms with Crippen molar-refractivity contribution in [1.29, 1.82) is 0 Å². The normalized spacial score (nSPS) is 14.1. The van der Waals surface area contributed by atoms with E-state index in [1.54, 1.807) is 18.0 Å². The minimum atomic E-state index is 0.109. The van der Waals surface area contributed by atoms with Gasteiger partial charge in [-0.15, -0.1) is 22.0 Å². The summed E-state index contributed by atoms with van der Waals surface area (Å²) in [7, 11) is 0. The lowest BCUT2D eigenvalue weighted by Crippen LogP contribution is -2.49. The van der Waals surface area contributed by atoms with E-state index in [9.17, 15) is 4.79 Å². The van der Waals surface area contributed by atoms with E-state index in [1.165, 1.54) is 0 Å². The highest BCUT2D eigenvalue weighted by atomic mass is 32.2. The van der Waals surface area contributed by atoms with E-state index >= 15 is 0 Å². The number of hydrogen-bond acceptors (Lipinski definition) is 6. The van der Waals surface area contributed by atoms with Gasteiger partial charge in [0, 0.05) is 37.3 Å². The highest BCUT2D eigenvalue weighted by molar-refractivity contribution is 7.99. The molecule has 0 spiro atoms. The maximum Gasteiger partial charge on any atom is 0.255 e. The Hall–Kier alpha value is -2.93. The maximum atomic E-state index is 13.0. The second kappa shape index (κ2) is 9.05. The van der Waals surface area contributed by atoms with Crippen molar-refractivity contribution in [3.63, 3.8) is 0 Å². The van der Waals surface area contributed by atoms with Gasteiger partial charge in [0.15, 0.2) is 5.82 Å². The largest absolute Gasteiger partial charge is 0.352 e. The summed E-state index contributed by atoms with van der Waals surface area (Å²) >= 11 is 1.71. The number of carbonyl (C=O) groups is 1. The third-order valence-electron chi connectivity index (χ3n) is 4.89. The molecule has 1 aliphatic heterocycles. The van der Waals surface area contributed by atoms with Gasteiger partial charge in [-0.3, -0.25) is 9.78 Å². The number of hydrogen-bond donors (Lipinski definition) is 0. The standard InChI is InChI=1S/C22H23N5OS/c1-2-29-20-9-4-3-7-17(20)22(28)27-15-13-26(14-16-27)21-11-10-19(24-25-21)18-8-5-6-12-23-18/h3-12H,2,13-16H2,1H3. The summed E-state index contributed by atoms with van der Waals surface area (Å²) in [5.74, 6) is 1.89. The Bertz CT molecular complexity index is 956. The fourth-order valence-electron chi connectivity index (χ4n) is 3.38. The third-order valence-corrected chi connectivity index (χ3v) is 5.84. The molecule has 7 heteroatoms. The van der Waals surface area contributed by atoms with Gasteiger partial charge in [0.2, 0.25) is 0 Å². The first-order chi connectivity index (χ1) is 14.3. The fraction of sp³-hybridized carbons (Fsp3) is 0.273. The molecular weight excluding hydrogens is 382 g/mol. The quantitative estimate of drug-likeness (QED) is 0.604. The summed E-state index contributed by atoms with van der Waals surface area (Å²) in [5, 5.41) is 8.69. The van der Waals surface area contributed by atoms with E-state index in [0.29, 0.717) is 13.1 Å². The van der Waals surface area contributed by atoms with Gasteiger partial charge in [-0.1, -0.05) is 25.1 Å². The van der Waals surface area contributed by atoms with Crippen LogP contribution in [0.1, 0.15) is 17.3 Å². The Morgan fingerprint density at radius 3 is 2.41 bits per heavy atom. The zero-order chi connectivity index (χ0) is 20.1. The van der Waals surface area contributed by atoms with Gasteiger partial charge in [-0.25, -0.2) is 0 Å². The van der Waals surface area contributed by atoms with Gasteiger partial charge in [0.1, 0.15) is 5.69 Å². The Balaban J connectivity index is 1.40. The molecule has 4 rings (SSSR count). The minimum absolute atomic E-state index is 0.109. The predicted molar refractivity (Wildman–Crippen MR) is 116 cm³/mol. The Kier molecular flexibility index (Phi) is 6.05. The van der Waals surface area contributed by atoms with Crippen LogP contribution in [0.25, 0.3) is 11.4 Å². The first-order valence-corrected chi connectivity index (χ1v) is 10.8. The molecule has 1 fully saturated rings. The summed E-state index contributed by atoms with van der Waals surface area (Å²) in [6.07, 6.45) is 1.75. The topological polar surface area (TPSA) is 62.2 Å². The SMILES string of the molecule is CCSc1ccccc1C(=O)N1CCN(c2ccc(-c3ccccn3)nn2)CC1. The predicted octanol–water partition coefficient (Wildman–Crippen LogP) is 3.61. The van der Waals surface area contributed by atoms with Crippen LogP contribution in [0.4, 0.5) is 5.82 Å². The maximum absolute atomic E-state index is 13.0. The lowest BCUT2D eigenvalue weighted by molar-refractivity contribution is 0.0743. The molecule has 2 aromatic heterocycles. The zero-order valence-corrected chi connectivity index (χ0v) is 17.2. The zero-order valence-electron chi connectivity index (χ0n) is 16.4. The summed E-state index contributed by atoms with van der Waals surface area (Å²) in [6, 6.07) is 17.5. The molecule has 1 aliphatic rings. The summed E-state index contributed by atoms with van der Waals surface area (Å²) in [4.78, 5) is 22.5. The van der Waals surface area contributed by atoms with E-state index in [0.717, 1.165) is 46.5 Å². The van der Waals surface area contributed by atoms with Crippen molar-refractivity contribution in [2.45, 2.75) is 11.8 Å². The van der Waals surface area contributed by atoms with E-state index in [1.807, 2.05) is 59.5 Å². The lowest BCUT2D eigenvalue weighted by atomic mass is 10.1. The van der Waals surface area contributed by atoms with Crippen molar-refractivity contribution >= 4 is 23.5 Å². The molecule has 0 unspecified atom stereocenters. The summed E-state index contributed by atoms with van der Waals surface area (Å²) in [5.41, 5.74) is 2.37. The molecule has 1 amide bonds. The Morgan fingerprint density at radius 1 is 0.931 bits per heavy atom. The van der Waals surface area contributed by atoms with Crippen LogP contribution in [0.3, 0.4) is 0 Å². The Labute approximate surface area is 175 Å². The molecule has 1 aromatic carbocycles. The minimum Gasteiger partial charge on any atom is -0.352 e. The van der Waals surface area contributed by atoms with Crippen molar-refractivity contribution in [1.82, 2.24) is 20.1 Å². The molecule has 3 heterocycles. The number of thioether (sulfide) groups is 1. The number of carbonyl (C=O) groups excluding carboxylic acids is 1. The molecule has 29 heavy (non-hydrogen) atoms. The highest BCUT2D eigenvalue weighted by Crippen LogP contribution is 2.24. The second-order valence-electron chi connectivity index (χ2n) is 6.70. The first-order valence-electron chi connectivity index (χ1n) is 9.77. The van der Waals surface area contributed by atoms with E-state index in [2.05, 4.69) is 27.0 Å². The number of benzene rings is 1. The Morgan fingerprint density at radius 2 is 1.72 bits per heavy atom. The van der Waals surface area contributed by atoms with Crippen LogP contribution in [-0.2, 0) is 0 Å². The van der Waals surface area contributed by atoms with Crippen molar-refractivity contribution in [3.8, 4) is 11.4 Å². The first kappa shape index (κ1) is 19.4. The van der Waals surface area contributed by atoms with Crippen LogP contribution in [0.2, 0.25) is 0 Å². The second-order valence-corrected chi connectivity index (χ2v) is 8.01. The number of amides is 1. The van der Waals surface area contributed by atoms with Gasteiger partial charge in [-0.2, -0.15) is 0 Å². The van der Waals surface area contributed by atoms with Gasteiger partial charge in [0.05, 0.1) is 11.3 Å². The lowest BCUT2D eigenvalue weighted by Gasteiger charge is -2.35. The average molecular weight is 406 g/mol. The smallest absolute Gasteiger partial charge is 0.255 e. The third kappa shape index (κ3) is 4.40. The van der Waals surface area contributed by atoms with Crippen molar-refractivity contribution < 1.29 is 4.79 Å². The monoisotopic (exact) mass is 405 g/mol. The molecule has 0 saturated carbocycles. The molecule has 3 aromatic rings. The number of aromatic nitrogens is 3. The number of rotatable bonds is 5. The summed E-state index contributed by atoms with van der Waals surface area (Å²) in [6.45, 7) is 4.94. The molecule has 0 bridgehead atoms. The van der Waals surface area contributed by atoms with Crippen molar-refractivity contribution in [3.05, 3.63) is 66.4 Å². The molecule has 0 N–H and O–H groups in total. The molecule has 0 atom stereocenters. The number of piperazine rings is 1. The van der Waals surface area contributed by atoms with Gasteiger partial charge >= 0.3 is 0 Å².